The van der Waals surface area contributed by atoms with Gasteiger partial charge in [-0.2, -0.15) is 0 Å². The minimum atomic E-state index is -0.527. The van der Waals surface area contributed by atoms with E-state index in [1.807, 2.05) is 60.0 Å². The Morgan fingerprint density at radius 1 is 1.11 bits per heavy atom. The van der Waals surface area contributed by atoms with E-state index in [0.717, 1.165) is 38.8 Å². The molecule has 1 aliphatic heterocycles. The van der Waals surface area contributed by atoms with Crippen molar-refractivity contribution in [1.29, 1.82) is 0 Å². The van der Waals surface area contributed by atoms with Crippen LogP contribution in [-0.2, 0) is 4.79 Å². The molecule has 0 fully saturated rings. The summed E-state index contributed by atoms with van der Waals surface area (Å²) in [5.41, 5.74) is 10.9. The molecule has 3 heterocycles. The van der Waals surface area contributed by atoms with Crippen LogP contribution in [0.25, 0.3) is 5.00 Å². The molecule has 1 atom stereocenters. The summed E-state index contributed by atoms with van der Waals surface area (Å²) < 4.78 is 2.04. The first-order valence-electron chi connectivity index (χ1n) is 11.8. The molecule has 3 N–H and O–H groups in total. The average Bonchev–Trinajstić information content (AvgIpc) is 3.36. The summed E-state index contributed by atoms with van der Waals surface area (Å²) in [6.45, 7) is 6.42. The van der Waals surface area contributed by atoms with Crippen LogP contribution < -0.4 is 11.1 Å². The van der Waals surface area contributed by atoms with Crippen molar-refractivity contribution < 1.29 is 4.79 Å². The summed E-state index contributed by atoms with van der Waals surface area (Å²) in [6, 6.07) is 14.5. The first kappa shape index (κ1) is 24.9. The summed E-state index contributed by atoms with van der Waals surface area (Å²) in [5, 5.41) is 13.4. The molecule has 2 aromatic heterocycles. The van der Waals surface area contributed by atoms with Crippen molar-refractivity contribution in [2.45, 2.75) is 33.2 Å². The SMILES string of the molecule is Cc1sc2c(c1C)C(c1ccc(Cl)cc1)=N[C@@H](CC(=O)Nc1ccc(C#CCN)cc1)c1nnc(C)n1-2. The number of thiophene rings is 1. The maximum Gasteiger partial charge on any atom is 0.227 e. The molecule has 37 heavy (non-hydrogen) atoms. The maximum absolute atomic E-state index is 13.2. The summed E-state index contributed by atoms with van der Waals surface area (Å²) >= 11 is 7.86. The molecule has 0 radical (unpaired) electrons. The molecule has 0 saturated heterocycles. The van der Waals surface area contributed by atoms with E-state index in [0.29, 0.717) is 23.1 Å². The summed E-state index contributed by atoms with van der Waals surface area (Å²) in [5.74, 6) is 7.03. The van der Waals surface area contributed by atoms with Crippen molar-refractivity contribution in [2.75, 3.05) is 11.9 Å². The van der Waals surface area contributed by atoms with Crippen molar-refractivity contribution >= 4 is 40.2 Å². The largest absolute Gasteiger partial charge is 0.326 e. The number of carbonyl (C=O) groups excluding carboxylic acids is 1. The van der Waals surface area contributed by atoms with E-state index in [1.165, 1.54) is 4.88 Å². The van der Waals surface area contributed by atoms with Gasteiger partial charge in [-0.25, -0.2) is 0 Å². The highest BCUT2D eigenvalue weighted by atomic mass is 35.5. The van der Waals surface area contributed by atoms with Crippen LogP contribution >= 0.6 is 22.9 Å². The fraction of sp³-hybridized carbons (Fsp3) is 0.214. The lowest BCUT2D eigenvalue weighted by molar-refractivity contribution is -0.116. The summed E-state index contributed by atoms with van der Waals surface area (Å²) in [7, 11) is 0. The molecule has 1 aliphatic rings. The predicted octanol–water partition coefficient (Wildman–Crippen LogP) is 5.14. The normalized spacial score (nSPS) is 14.1. The number of aryl methyl sites for hydroxylation is 2. The number of rotatable bonds is 4. The topological polar surface area (TPSA) is 98.2 Å². The van der Waals surface area contributed by atoms with Crippen LogP contribution in [0.5, 0.6) is 0 Å². The Hall–Kier alpha value is -3.77. The van der Waals surface area contributed by atoms with E-state index in [-0.39, 0.29) is 12.3 Å². The zero-order valence-corrected chi connectivity index (χ0v) is 22.2. The number of nitrogens with one attached hydrogen (secondary N) is 1. The average molecular weight is 529 g/mol. The first-order valence-corrected chi connectivity index (χ1v) is 13.0. The molecule has 4 aromatic rings. The summed E-state index contributed by atoms with van der Waals surface area (Å²) in [6.07, 6.45) is 0.108. The van der Waals surface area contributed by atoms with Gasteiger partial charge in [0.2, 0.25) is 5.91 Å². The molecule has 0 unspecified atom stereocenters. The molecule has 1 amide bonds. The van der Waals surface area contributed by atoms with Crippen LogP contribution in [-0.4, -0.2) is 32.9 Å². The fourth-order valence-electron chi connectivity index (χ4n) is 4.31. The van der Waals surface area contributed by atoms with Crippen molar-refractivity contribution in [3.63, 3.8) is 0 Å². The first-order chi connectivity index (χ1) is 17.9. The smallest absolute Gasteiger partial charge is 0.227 e. The highest BCUT2D eigenvalue weighted by Gasteiger charge is 2.32. The van der Waals surface area contributed by atoms with Gasteiger partial charge in [0.1, 0.15) is 16.9 Å². The Kier molecular flexibility index (Phi) is 6.94. The van der Waals surface area contributed by atoms with Gasteiger partial charge >= 0.3 is 0 Å². The van der Waals surface area contributed by atoms with Gasteiger partial charge in [-0.05, 0) is 62.7 Å². The zero-order chi connectivity index (χ0) is 26.1. The molecule has 2 aromatic carbocycles. The van der Waals surface area contributed by atoms with Crippen molar-refractivity contribution in [2.24, 2.45) is 10.7 Å². The number of anilines is 1. The Labute approximate surface area is 224 Å². The molecule has 5 rings (SSSR count). The third-order valence-corrected chi connectivity index (χ3v) is 7.68. The van der Waals surface area contributed by atoms with E-state index in [4.69, 9.17) is 22.3 Å². The second kappa shape index (κ2) is 10.3. The highest BCUT2D eigenvalue weighted by molar-refractivity contribution is 7.15. The quantitative estimate of drug-likeness (QED) is 0.358. The molecule has 7 nitrogen and oxygen atoms in total. The Morgan fingerprint density at radius 3 is 2.54 bits per heavy atom. The Morgan fingerprint density at radius 2 is 1.84 bits per heavy atom. The minimum Gasteiger partial charge on any atom is -0.326 e. The van der Waals surface area contributed by atoms with Gasteiger partial charge in [-0.1, -0.05) is 35.6 Å². The number of hydrogen-bond donors (Lipinski definition) is 2. The summed E-state index contributed by atoms with van der Waals surface area (Å²) in [4.78, 5) is 19.5. The van der Waals surface area contributed by atoms with Crippen molar-refractivity contribution in [1.82, 2.24) is 14.8 Å². The van der Waals surface area contributed by atoms with Gasteiger partial charge in [0.05, 0.1) is 18.7 Å². The third kappa shape index (κ3) is 4.94. The second-order valence-electron chi connectivity index (χ2n) is 8.74. The van der Waals surface area contributed by atoms with Gasteiger partial charge in [0, 0.05) is 32.3 Å². The molecule has 9 heteroatoms. The standard InChI is InChI=1S/C28H25ClN6OS/c1-16-17(2)37-28-25(16)26(20-8-10-21(29)11-9-20)32-23(27-34-33-18(3)35(27)28)15-24(36)31-22-12-6-19(7-13-22)5-4-14-30/h6-13,23H,14-15,30H2,1-3H3,(H,31,36)/t23-/m0/s1. The fourth-order valence-corrected chi connectivity index (χ4v) is 5.65. The Bertz CT molecular complexity index is 1570. The Balaban J connectivity index is 1.53. The van der Waals surface area contributed by atoms with Gasteiger partial charge < -0.3 is 11.1 Å². The molecule has 0 spiro atoms. The predicted molar refractivity (Wildman–Crippen MR) is 149 cm³/mol. The van der Waals surface area contributed by atoms with E-state index in [9.17, 15) is 4.79 Å². The number of halogens is 1. The van der Waals surface area contributed by atoms with Crippen LogP contribution in [0.3, 0.4) is 0 Å². The van der Waals surface area contributed by atoms with Gasteiger partial charge in [-0.3, -0.25) is 14.4 Å². The zero-order valence-electron chi connectivity index (χ0n) is 20.7. The molecule has 0 aliphatic carbocycles. The lowest BCUT2D eigenvalue weighted by atomic mass is 9.99. The number of hydrogen-bond acceptors (Lipinski definition) is 6. The highest BCUT2D eigenvalue weighted by Crippen LogP contribution is 2.39. The van der Waals surface area contributed by atoms with Crippen LogP contribution in [0.4, 0.5) is 5.69 Å². The van der Waals surface area contributed by atoms with Crippen LogP contribution in [0.1, 0.15) is 51.2 Å². The van der Waals surface area contributed by atoms with Crippen LogP contribution in [0.2, 0.25) is 5.02 Å². The number of nitrogens with two attached hydrogens (primary N) is 1. The molecule has 186 valence electrons. The number of amides is 1. The number of carbonyl (C=O) groups is 1. The molecule has 0 saturated carbocycles. The second-order valence-corrected chi connectivity index (χ2v) is 10.4. The van der Waals surface area contributed by atoms with Crippen LogP contribution in [0.15, 0.2) is 53.5 Å². The molecular formula is C28H25ClN6OS. The van der Waals surface area contributed by atoms with E-state index >= 15 is 0 Å². The van der Waals surface area contributed by atoms with E-state index in [2.05, 4.69) is 41.2 Å². The third-order valence-electron chi connectivity index (χ3n) is 6.24. The lowest BCUT2D eigenvalue weighted by Crippen LogP contribution is -2.17. The van der Waals surface area contributed by atoms with Crippen molar-refractivity contribution in [3.05, 3.63) is 92.3 Å². The number of aliphatic imine (C=N–C) groups is 1. The number of fused-ring (bicyclic) bond motifs is 3. The van der Waals surface area contributed by atoms with Gasteiger partial charge in [0.25, 0.3) is 0 Å². The van der Waals surface area contributed by atoms with Crippen molar-refractivity contribution in [3.8, 4) is 16.8 Å². The monoisotopic (exact) mass is 528 g/mol. The number of benzene rings is 2. The minimum absolute atomic E-state index is 0.108. The van der Waals surface area contributed by atoms with Gasteiger partial charge in [-0.15, -0.1) is 21.5 Å². The van der Waals surface area contributed by atoms with Gasteiger partial charge in [0.15, 0.2) is 5.82 Å². The van der Waals surface area contributed by atoms with E-state index < -0.39 is 6.04 Å². The lowest BCUT2D eigenvalue weighted by Gasteiger charge is -2.13. The van der Waals surface area contributed by atoms with E-state index in [1.54, 1.807) is 11.3 Å². The number of aromatic nitrogens is 3. The maximum atomic E-state index is 13.2. The molecular weight excluding hydrogens is 504 g/mol. The number of nitrogens with zero attached hydrogens (tertiary/aromatic N) is 4. The molecule has 0 bridgehead atoms. The van der Waals surface area contributed by atoms with Crippen LogP contribution in [0, 0.1) is 32.6 Å².